The van der Waals surface area contributed by atoms with Crippen LogP contribution < -0.4 is 16.0 Å². The molecule has 0 aromatic heterocycles. The predicted octanol–water partition coefficient (Wildman–Crippen LogP) is 3.94. The molecule has 0 heterocycles. The van der Waals surface area contributed by atoms with Crippen molar-refractivity contribution in [3.8, 4) is 0 Å². The highest BCUT2D eigenvalue weighted by molar-refractivity contribution is 5.98. The van der Waals surface area contributed by atoms with E-state index in [1.807, 2.05) is 13.8 Å². The molecule has 1 aromatic rings. The van der Waals surface area contributed by atoms with Gasteiger partial charge in [0.1, 0.15) is 6.04 Å². The third-order valence-electron chi connectivity index (χ3n) is 7.23. The maximum Gasteiger partial charge on any atom is 0.247 e. The number of hydrogen-bond donors (Lipinski definition) is 3. The number of nitrogens with one attached hydrogen (secondary N) is 3. The van der Waals surface area contributed by atoms with Crippen molar-refractivity contribution >= 4 is 29.1 Å². The Balaban J connectivity index is 1.41. The Hall–Kier alpha value is -2.37. The van der Waals surface area contributed by atoms with E-state index in [9.17, 15) is 14.4 Å². The summed E-state index contributed by atoms with van der Waals surface area (Å²) in [5, 5.41) is 8.75. The first-order valence-electron chi connectivity index (χ1n) is 11.2. The highest BCUT2D eigenvalue weighted by Gasteiger charge is 2.55. The van der Waals surface area contributed by atoms with Crippen LogP contribution in [0.5, 0.6) is 0 Å². The van der Waals surface area contributed by atoms with Gasteiger partial charge in [-0.05, 0) is 86.5 Å². The van der Waals surface area contributed by atoms with Gasteiger partial charge in [-0.3, -0.25) is 14.4 Å². The number of carbonyl (C=O) groups is 3. The molecule has 4 fully saturated rings. The molecule has 0 spiro atoms. The van der Waals surface area contributed by atoms with E-state index >= 15 is 0 Å². The molecule has 1 aromatic carbocycles. The lowest BCUT2D eigenvalue weighted by atomic mass is 9.49. The number of amides is 3. The van der Waals surface area contributed by atoms with Crippen LogP contribution >= 0.6 is 0 Å². The molecular weight excluding hydrogens is 378 g/mol. The van der Waals surface area contributed by atoms with Crippen LogP contribution in [-0.2, 0) is 14.4 Å². The molecule has 4 aliphatic rings. The summed E-state index contributed by atoms with van der Waals surface area (Å²) in [4.78, 5) is 37.5. The highest BCUT2D eigenvalue weighted by Crippen LogP contribution is 2.60. The van der Waals surface area contributed by atoms with Crippen LogP contribution in [0, 0.1) is 29.1 Å². The highest BCUT2D eigenvalue weighted by atomic mass is 16.2. The fourth-order valence-electron chi connectivity index (χ4n) is 6.28. The van der Waals surface area contributed by atoms with Gasteiger partial charge >= 0.3 is 0 Å². The summed E-state index contributed by atoms with van der Waals surface area (Å²) in [6, 6.07) is 6.42. The number of rotatable bonds is 6. The van der Waals surface area contributed by atoms with Crippen molar-refractivity contribution in [2.24, 2.45) is 29.1 Å². The van der Waals surface area contributed by atoms with Crippen LogP contribution in [0.3, 0.4) is 0 Å². The summed E-state index contributed by atoms with van der Waals surface area (Å²) in [6.45, 7) is 5.38. The molecule has 4 aliphatic carbocycles. The second-order valence-corrected chi connectivity index (χ2v) is 10.1. The molecule has 6 nitrogen and oxygen atoms in total. The fourth-order valence-corrected chi connectivity index (χ4v) is 6.28. The number of benzene rings is 1. The van der Waals surface area contributed by atoms with Crippen LogP contribution in [0.15, 0.2) is 24.3 Å². The van der Waals surface area contributed by atoms with Gasteiger partial charge in [-0.15, -0.1) is 0 Å². The lowest BCUT2D eigenvalue weighted by Gasteiger charge is -2.55. The lowest BCUT2D eigenvalue weighted by molar-refractivity contribution is -0.148. The summed E-state index contributed by atoms with van der Waals surface area (Å²) in [5.41, 5.74) is 1.06. The van der Waals surface area contributed by atoms with E-state index in [1.54, 1.807) is 24.3 Å². The quantitative estimate of drug-likeness (QED) is 0.663. The fraction of sp³-hybridized carbons (Fsp3) is 0.625. The average Bonchev–Trinajstić information content (AvgIpc) is 2.65. The lowest BCUT2D eigenvalue weighted by Crippen LogP contribution is -2.57. The average molecular weight is 412 g/mol. The monoisotopic (exact) mass is 411 g/mol. The van der Waals surface area contributed by atoms with E-state index in [-0.39, 0.29) is 29.1 Å². The number of anilines is 2. The zero-order valence-electron chi connectivity index (χ0n) is 18.2. The van der Waals surface area contributed by atoms with E-state index in [0.717, 1.165) is 19.3 Å². The second-order valence-electron chi connectivity index (χ2n) is 10.1. The van der Waals surface area contributed by atoms with E-state index in [2.05, 4.69) is 16.0 Å². The molecule has 3 amide bonds. The third kappa shape index (κ3) is 4.23. The van der Waals surface area contributed by atoms with Crippen molar-refractivity contribution in [3.63, 3.8) is 0 Å². The number of hydrogen-bond acceptors (Lipinski definition) is 3. The standard InChI is InChI=1S/C24H33N3O3/c1-14(2)21(22(29)26-20-6-4-19(5-7-20)25-15(3)28)27-23(30)24-11-16-8-17(12-24)10-18(9-16)13-24/h4-7,14,16-18,21H,8-13H2,1-3H3,(H,25,28)(H,26,29)(H,27,30)/t16?,17?,18?,21-,24?/m1/s1. The van der Waals surface area contributed by atoms with Crippen molar-refractivity contribution in [2.75, 3.05) is 10.6 Å². The second kappa shape index (κ2) is 8.05. The molecule has 0 aliphatic heterocycles. The van der Waals surface area contributed by atoms with E-state index in [4.69, 9.17) is 0 Å². The normalized spacial score (nSPS) is 30.1. The maximum atomic E-state index is 13.4. The smallest absolute Gasteiger partial charge is 0.247 e. The Labute approximate surface area is 178 Å². The van der Waals surface area contributed by atoms with Crippen LogP contribution in [0.1, 0.15) is 59.3 Å². The van der Waals surface area contributed by atoms with Crippen molar-refractivity contribution < 1.29 is 14.4 Å². The predicted molar refractivity (Wildman–Crippen MR) is 117 cm³/mol. The first-order chi connectivity index (χ1) is 14.2. The van der Waals surface area contributed by atoms with Gasteiger partial charge in [-0.25, -0.2) is 0 Å². The SMILES string of the molecule is CC(=O)Nc1ccc(NC(=O)[C@H](NC(=O)C23CC4CC(CC(C4)C2)C3)C(C)C)cc1. The summed E-state index contributed by atoms with van der Waals surface area (Å²) in [5.74, 6) is 1.80. The largest absolute Gasteiger partial charge is 0.344 e. The molecule has 0 saturated heterocycles. The molecule has 0 radical (unpaired) electrons. The van der Waals surface area contributed by atoms with E-state index in [1.165, 1.54) is 26.2 Å². The van der Waals surface area contributed by atoms with Gasteiger partial charge in [-0.1, -0.05) is 13.8 Å². The van der Waals surface area contributed by atoms with Crippen molar-refractivity contribution in [1.82, 2.24) is 5.32 Å². The summed E-state index contributed by atoms with van der Waals surface area (Å²) in [6.07, 6.45) is 6.82. The zero-order chi connectivity index (χ0) is 21.5. The summed E-state index contributed by atoms with van der Waals surface area (Å²) in [7, 11) is 0. The van der Waals surface area contributed by atoms with Crippen molar-refractivity contribution in [1.29, 1.82) is 0 Å². The van der Waals surface area contributed by atoms with Gasteiger partial charge in [0, 0.05) is 23.7 Å². The molecule has 3 N–H and O–H groups in total. The minimum atomic E-state index is -0.569. The molecular formula is C24H33N3O3. The van der Waals surface area contributed by atoms with Gasteiger partial charge in [-0.2, -0.15) is 0 Å². The van der Waals surface area contributed by atoms with E-state index in [0.29, 0.717) is 29.1 Å². The van der Waals surface area contributed by atoms with Crippen molar-refractivity contribution in [2.45, 2.75) is 65.3 Å². The molecule has 1 atom stereocenters. The topological polar surface area (TPSA) is 87.3 Å². The van der Waals surface area contributed by atoms with E-state index < -0.39 is 6.04 Å². The minimum absolute atomic E-state index is 0.0125. The molecule has 0 unspecified atom stereocenters. The Morgan fingerprint density at radius 1 is 0.867 bits per heavy atom. The first kappa shape index (κ1) is 20.9. The van der Waals surface area contributed by atoms with Gasteiger partial charge in [0.2, 0.25) is 17.7 Å². The number of carbonyl (C=O) groups excluding carboxylic acids is 3. The Morgan fingerprint density at radius 3 is 1.77 bits per heavy atom. The molecule has 5 rings (SSSR count). The Kier molecular flexibility index (Phi) is 5.60. The Bertz CT molecular complexity index is 795. The van der Waals surface area contributed by atoms with Crippen molar-refractivity contribution in [3.05, 3.63) is 24.3 Å². The van der Waals surface area contributed by atoms with Crippen LogP contribution in [0.2, 0.25) is 0 Å². The van der Waals surface area contributed by atoms with Crippen LogP contribution in [0.25, 0.3) is 0 Å². The Morgan fingerprint density at radius 2 is 1.33 bits per heavy atom. The van der Waals surface area contributed by atoms with Gasteiger partial charge in [0.25, 0.3) is 0 Å². The molecule has 4 bridgehead atoms. The first-order valence-corrected chi connectivity index (χ1v) is 11.2. The molecule has 162 valence electrons. The zero-order valence-corrected chi connectivity index (χ0v) is 18.2. The van der Waals surface area contributed by atoms with Crippen LogP contribution in [-0.4, -0.2) is 23.8 Å². The van der Waals surface area contributed by atoms with Gasteiger partial charge in [0.15, 0.2) is 0 Å². The molecule has 30 heavy (non-hydrogen) atoms. The third-order valence-corrected chi connectivity index (χ3v) is 7.23. The summed E-state index contributed by atoms with van der Waals surface area (Å²) >= 11 is 0. The van der Waals surface area contributed by atoms with Crippen LogP contribution in [0.4, 0.5) is 11.4 Å². The molecule has 4 saturated carbocycles. The molecule has 6 heteroatoms. The minimum Gasteiger partial charge on any atom is -0.344 e. The maximum absolute atomic E-state index is 13.4. The van der Waals surface area contributed by atoms with Gasteiger partial charge < -0.3 is 16.0 Å². The van der Waals surface area contributed by atoms with Gasteiger partial charge in [0.05, 0.1) is 0 Å². The summed E-state index contributed by atoms with van der Waals surface area (Å²) < 4.78 is 0.